The van der Waals surface area contributed by atoms with Crippen molar-refractivity contribution in [3.8, 4) is 5.75 Å². The van der Waals surface area contributed by atoms with E-state index in [1.165, 1.54) is 24.3 Å². The Morgan fingerprint density at radius 2 is 1.55 bits per heavy atom. The average Bonchev–Trinajstić information content (AvgIpc) is 2.82. The van der Waals surface area contributed by atoms with E-state index in [0.29, 0.717) is 28.8 Å². The molecule has 0 aliphatic rings. The maximum Gasteiger partial charge on any atom is 0.329 e. The van der Waals surface area contributed by atoms with Gasteiger partial charge in [-0.05, 0) is 67.1 Å². The quantitative estimate of drug-likeness (QED) is 0.281. The first kappa shape index (κ1) is 23.5. The average molecular weight is 465 g/mol. The fourth-order valence-corrected chi connectivity index (χ4v) is 2.91. The molecule has 0 radical (unpaired) electrons. The first-order valence-electron chi connectivity index (χ1n) is 9.85. The highest BCUT2D eigenvalue weighted by molar-refractivity contribution is 6.39. The number of benzene rings is 3. The van der Waals surface area contributed by atoms with Crippen molar-refractivity contribution in [3.63, 3.8) is 0 Å². The molecule has 0 aromatic heterocycles. The number of nitrogens with one attached hydrogen (secondary N) is 2. The number of nitrogens with zero attached hydrogens (tertiary/aromatic N) is 1. The van der Waals surface area contributed by atoms with Crippen LogP contribution in [0.25, 0.3) is 0 Å². The van der Waals surface area contributed by atoms with Crippen molar-refractivity contribution in [3.05, 3.63) is 94.5 Å². The highest BCUT2D eigenvalue weighted by Crippen LogP contribution is 2.19. The predicted octanol–water partition coefficient (Wildman–Crippen LogP) is 3.50. The lowest BCUT2D eigenvalue weighted by Gasteiger charge is -2.09. The third-order valence-corrected chi connectivity index (χ3v) is 4.95. The van der Waals surface area contributed by atoms with Crippen LogP contribution in [0.4, 0.5) is 5.69 Å². The van der Waals surface area contributed by atoms with Gasteiger partial charge in [0.1, 0.15) is 12.4 Å². The molecule has 0 aliphatic carbocycles. The Morgan fingerprint density at radius 3 is 2.18 bits per heavy atom. The van der Waals surface area contributed by atoms with E-state index in [-0.39, 0.29) is 5.56 Å². The minimum Gasteiger partial charge on any atom is -0.489 e. The van der Waals surface area contributed by atoms with Crippen LogP contribution in [0.3, 0.4) is 0 Å². The van der Waals surface area contributed by atoms with Gasteiger partial charge in [0.25, 0.3) is 0 Å². The molecule has 3 amide bonds. The lowest BCUT2D eigenvalue weighted by atomic mass is 10.1. The molecule has 0 bridgehead atoms. The van der Waals surface area contributed by atoms with Crippen molar-refractivity contribution in [2.75, 3.05) is 5.32 Å². The van der Waals surface area contributed by atoms with Crippen molar-refractivity contribution in [2.45, 2.75) is 13.5 Å². The van der Waals surface area contributed by atoms with Crippen molar-refractivity contribution < 1.29 is 19.1 Å². The van der Waals surface area contributed by atoms with Gasteiger partial charge in [-0.15, -0.1) is 0 Å². The van der Waals surface area contributed by atoms with Gasteiger partial charge in [0, 0.05) is 21.8 Å². The summed E-state index contributed by atoms with van der Waals surface area (Å²) in [6.07, 6.45) is 0. The highest BCUT2D eigenvalue weighted by Gasteiger charge is 2.13. The van der Waals surface area contributed by atoms with Crippen LogP contribution in [0.5, 0.6) is 5.75 Å². The van der Waals surface area contributed by atoms with Crippen molar-refractivity contribution in [1.82, 2.24) is 5.43 Å². The van der Waals surface area contributed by atoms with Gasteiger partial charge in [0.05, 0.1) is 5.71 Å². The topological polar surface area (TPSA) is 123 Å². The van der Waals surface area contributed by atoms with Gasteiger partial charge < -0.3 is 15.8 Å². The van der Waals surface area contributed by atoms with Crippen LogP contribution in [-0.2, 0) is 16.2 Å². The molecule has 0 fully saturated rings. The van der Waals surface area contributed by atoms with E-state index < -0.39 is 17.7 Å². The molecule has 168 valence electrons. The molecule has 0 atom stereocenters. The number of ether oxygens (including phenoxy) is 1. The Labute approximate surface area is 195 Å². The number of amides is 3. The Balaban J connectivity index is 1.53. The Morgan fingerprint density at radius 1 is 0.909 bits per heavy atom. The first-order valence-corrected chi connectivity index (χ1v) is 10.2. The number of hydrogen-bond donors (Lipinski definition) is 3. The molecule has 0 saturated carbocycles. The van der Waals surface area contributed by atoms with Gasteiger partial charge in [0.2, 0.25) is 5.91 Å². The molecule has 0 heterocycles. The van der Waals surface area contributed by atoms with Gasteiger partial charge in [-0.3, -0.25) is 14.4 Å². The molecule has 9 heteroatoms. The van der Waals surface area contributed by atoms with E-state index in [1.807, 2.05) is 18.2 Å². The predicted molar refractivity (Wildman–Crippen MR) is 126 cm³/mol. The second-order valence-corrected chi connectivity index (χ2v) is 7.35. The largest absolute Gasteiger partial charge is 0.489 e. The van der Waals surface area contributed by atoms with E-state index in [2.05, 4.69) is 15.8 Å². The molecule has 3 rings (SSSR count). The second-order valence-electron chi connectivity index (χ2n) is 6.94. The summed E-state index contributed by atoms with van der Waals surface area (Å²) >= 11 is 6.13. The van der Waals surface area contributed by atoms with Crippen LogP contribution in [-0.4, -0.2) is 23.4 Å². The number of nitrogens with two attached hydrogens (primary N) is 1. The third-order valence-electron chi connectivity index (χ3n) is 4.58. The number of carbonyl (C=O) groups excluding carboxylic acids is 3. The van der Waals surface area contributed by atoms with Crippen LogP contribution in [0.15, 0.2) is 77.9 Å². The summed E-state index contributed by atoms with van der Waals surface area (Å²) in [7, 11) is 0. The minimum atomic E-state index is -0.937. The van der Waals surface area contributed by atoms with Crippen LogP contribution in [0, 0.1) is 0 Å². The summed E-state index contributed by atoms with van der Waals surface area (Å²) in [4.78, 5) is 35.1. The van der Waals surface area contributed by atoms with Crippen molar-refractivity contribution in [2.24, 2.45) is 10.8 Å². The number of hydrazone groups is 1. The molecule has 0 unspecified atom stereocenters. The molecule has 4 N–H and O–H groups in total. The maximum absolute atomic E-state index is 12.0. The summed E-state index contributed by atoms with van der Waals surface area (Å²) in [5.74, 6) is -1.78. The Kier molecular flexibility index (Phi) is 7.77. The summed E-state index contributed by atoms with van der Waals surface area (Å²) < 4.78 is 5.74. The smallest absolute Gasteiger partial charge is 0.329 e. The highest BCUT2D eigenvalue weighted by atomic mass is 35.5. The van der Waals surface area contributed by atoms with E-state index in [9.17, 15) is 14.4 Å². The summed E-state index contributed by atoms with van der Waals surface area (Å²) in [5.41, 5.74) is 10.1. The number of halogens is 1. The standard InChI is InChI=1S/C24H21ClN4O4/c1-15(16-8-12-20(13-9-16)33-14-18-4-2-3-5-21(18)25)28-29-24(32)23(31)27-19-10-6-17(7-11-19)22(26)30/h2-13H,14H2,1H3,(H2,26,30)(H,27,31)(H,29,32)/b28-15+. The summed E-state index contributed by atoms with van der Waals surface area (Å²) in [6, 6.07) is 20.4. The third kappa shape index (κ3) is 6.65. The van der Waals surface area contributed by atoms with E-state index >= 15 is 0 Å². The van der Waals surface area contributed by atoms with E-state index in [4.69, 9.17) is 22.1 Å². The first-order chi connectivity index (χ1) is 15.8. The number of rotatable bonds is 7. The Bertz CT molecular complexity index is 1190. The zero-order chi connectivity index (χ0) is 23.8. The zero-order valence-corrected chi connectivity index (χ0v) is 18.4. The van der Waals surface area contributed by atoms with Crippen LogP contribution in [0.1, 0.15) is 28.4 Å². The minimum absolute atomic E-state index is 0.290. The van der Waals surface area contributed by atoms with Crippen LogP contribution < -0.4 is 21.2 Å². The molecule has 0 aliphatic heterocycles. The normalized spacial score (nSPS) is 10.9. The molecule has 3 aromatic carbocycles. The molecule has 8 nitrogen and oxygen atoms in total. The number of carbonyl (C=O) groups is 3. The van der Waals surface area contributed by atoms with Gasteiger partial charge in [-0.1, -0.05) is 29.8 Å². The number of hydrogen-bond acceptors (Lipinski definition) is 5. The van der Waals surface area contributed by atoms with E-state index in [0.717, 1.165) is 11.1 Å². The second kappa shape index (κ2) is 10.9. The van der Waals surface area contributed by atoms with E-state index in [1.54, 1.807) is 37.3 Å². The fraction of sp³-hybridized carbons (Fsp3) is 0.0833. The molecule has 0 spiro atoms. The number of primary amides is 1. The summed E-state index contributed by atoms with van der Waals surface area (Å²) in [6.45, 7) is 2.03. The van der Waals surface area contributed by atoms with Gasteiger partial charge in [0.15, 0.2) is 0 Å². The monoisotopic (exact) mass is 464 g/mol. The lowest BCUT2D eigenvalue weighted by molar-refractivity contribution is -0.136. The van der Waals surface area contributed by atoms with Gasteiger partial charge in [-0.2, -0.15) is 5.10 Å². The van der Waals surface area contributed by atoms with Gasteiger partial charge in [-0.25, -0.2) is 5.43 Å². The summed E-state index contributed by atoms with van der Waals surface area (Å²) in [5, 5.41) is 7.02. The molecule has 33 heavy (non-hydrogen) atoms. The molecule has 0 saturated heterocycles. The maximum atomic E-state index is 12.0. The molecule has 3 aromatic rings. The van der Waals surface area contributed by atoms with Crippen LogP contribution in [0.2, 0.25) is 5.02 Å². The zero-order valence-electron chi connectivity index (χ0n) is 17.7. The fourth-order valence-electron chi connectivity index (χ4n) is 2.72. The SMILES string of the molecule is C/C(=N\NC(=O)C(=O)Nc1ccc(C(N)=O)cc1)c1ccc(OCc2ccccc2Cl)cc1. The molecular formula is C24H21ClN4O4. The van der Waals surface area contributed by atoms with Crippen molar-refractivity contribution in [1.29, 1.82) is 0 Å². The Hall–Kier alpha value is -4.17. The van der Waals surface area contributed by atoms with Gasteiger partial charge >= 0.3 is 11.8 Å². The lowest BCUT2D eigenvalue weighted by Crippen LogP contribution is -2.33. The van der Waals surface area contributed by atoms with Crippen molar-refractivity contribution >= 4 is 40.7 Å². The number of anilines is 1. The molecular weight excluding hydrogens is 444 g/mol. The van der Waals surface area contributed by atoms with Crippen LogP contribution >= 0.6 is 11.6 Å².